The van der Waals surface area contributed by atoms with Gasteiger partial charge in [-0.15, -0.1) is 0 Å². The summed E-state index contributed by atoms with van der Waals surface area (Å²) in [6, 6.07) is 0. The van der Waals surface area contributed by atoms with E-state index in [4.69, 9.17) is 9.15 Å². The van der Waals surface area contributed by atoms with Crippen LogP contribution in [0.2, 0.25) is 0 Å². The third-order valence-electron chi connectivity index (χ3n) is 4.02. The van der Waals surface area contributed by atoms with Crippen molar-refractivity contribution in [1.82, 2.24) is 10.3 Å². The molecule has 4 nitrogen and oxygen atoms in total. The van der Waals surface area contributed by atoms with E-state index >= 15 is 0 Å². The first-order chi connectivity index (χ1) is 8.65. The molecule has 4 heteroatoms. The normalized spacial score (nSPS) is 22.5. The van der Waals surface area contributed by atoms with Crippen molar-refractivity contribution in [3.63, 3.8) is 0 Å². The van der Waals surface area contributed by atoms with Gasteiger partial charge in [0.1, 0.15) is 5.76 Å². The van der Waals surface area contributed by atoms with E-state index in [0.29, 0.717) is 11.3 Å². The molecule has 0 saturated heterocycles. The van der Waals surface area contributed by atoms with Crippen LogP contribution in [0.1, 0.15) is 50.5 Å². The van der Waals surface area contributed by atoms with Gasteiger partial charge in [-0.1, -0.05) is 20.3 Å². The zero-order chi connectivity index (χ0) is 13.0. The lowest BCUT2D eigenvalue weighted by Gasteiger charge is -2.25. The molecule has 1 aliphatic rings. The number of nitrogens with zero attached hydrogens (tertiary/aromatic N) is 1. The predicted molar refractivity (Wildman–Crippen MR) is 70.5 cm³/mol. The Labute approximate surface area is 109 Å². The fraction of sp³-hybridized carbons (Fsp3) is 0.786. The minimum atomic E-state index is 0.334. The second kappa shape index (κ2) is 5.85. The van der Waals surface area contributed by atoms with Gasteiger partial charge in [0, 0.05) is 26.1 Å². The Kier molecular flexibility index (Phi) is 4.40. The van der Waals surface area contributed by atoms with Crippen LogP contribution in [0.5, 0.6) is 0 Å². The summed E-state index contributed by atoms with van der Waals surface area (Å²) in [6.45, 7) is 6.99. The molecule has 2 rings (SSSR count). The zero-order valence-corrected chi connectivity index (χ0v) is 11.7. The Morgan fingerprint density at radius 2 is 2.39 bits per heavy atom. The molecule has 1 aliphatic carbocycles. The van der Waals surface area contributed by atoms with Crippen LogP contribution >= 0.6 is 0 Å². The van der Waals surface area contributed by atoms with Crippen molar-refractivity contribution < 1.29 is 9.15 Å². The van der Waals surface area contributed by atoms with Gasteiger partial charge < -0.3 is 14.5 Å². The first-order valence-corrected chi connectivity index (χ1v) is 6.77. The summed E-state index contributed by atoms with van der Waals surface area (Å²) in [5, 5.41) is 3.33. The molecule has 1 fully saturated rings. The van der Waals surface area contributed by atoms with Crippen LogP contribution in [-0.2, 0) is 11.3 Å². The van der Waals surface area contributed by atoms with Crippen molar-refractivity contribution in [2.24, 2.45) is 5.41 Å². The minimum absolute atomic E-state index is 0.334. The highest BCUT2D eigenvalue weighted by Gasteiger charge is 2.38. The standard InChI is InChI=1S/C14H24N2O2/c1-14(2)6-4-5-11(14)13-12(16-10-18-13)9-15-7-8-17-3/h10-11,15H,4-9H2,1-3H3. The molecular weight excluding hydrogens is 228 g/mol. The fourth-order valence-electron chi connectivity index (χ4n) is 2.89. The average molecular weight is 252 g/mol. The van der Waals surface area contributed by atoms with Gasteiger partial charge in [-0.2, -0.15) is 0 Å². The molecule has 1 atom stereocenters. The molecule has 0 amide bonds. The monoisotopic (exact) mass is 252 g/mol. The molecule has 1 aromatic heterocycles. The minimum Gasteiger partial charge on any atom is -0.448 e. The molecule has 102 valence electrons. The zero-order valence-electron chi connectivity index (χ0n) is 11.7. The SMILES string of the molecule is COCCNCc1ncoc1C1CCCC1(C)C. The number of hydrogen-bond acceptors (Lipinski definition) is 4. The number of nitrogens with one attached hydrogen (secondary N) is 1. The largest absolute Gasteiger partial charge is 0.448 e. The lowest BCUT2D eigenvalue weighted by molar-refractivity contribution is 0.199. The van der Waals surface area contributed by atoms with Gasteiger partial charge in [-0.05, 0) is 18.3 Å². The van der Waals surface area contributed by atoms with E-state index in [1.165, 1.54) is 19.3 Å². The van der Waals surface area contributed by atoms with E-state index in [1.54, 1.807) is 13.5 Å². The molecule has 1 heterocycles. The van der Waals surface area contributed by atoms with Crippen LogP contribution in [0, 0.1) is 5.41 Å². The average Bonchev–Trinajstić information content (AvgIpc) is 2.90. The third kappa shape index (κ3) is 2.93. The van der Waals surface area contributed by atoms with Crippen molar-refractivity contribution in [3.05, 3.63) is 17.8 Å². The van der Waals surface area contributed by atoms with Gasteiger partial charge >= 0.3 is 0 Å². The molecule has 0 aromatic carbocycles. The first-order valence-electron chi connectivity index (χ1n) is 6.77. The number of oxazole rings is 1. The highest BCUT2D eigenvalue weighted by Crippen LogP contribution is 2.49. The van der Waals surface area contributed by atoms with Crippen molar-refractivity contribution >= 4 is 0 Å². The molecule has 0 bridgehead atoms. The lowest BCUT2D eigenvalue weighted by atomic mass is 9.80. The first kappa shape index (κ1) is 13.6. The third-order valence-corrected chi connectivity index (χ3v) is 4.02. The van der Waals surface area contributed by atoms with Crippen LogP contribution in [0.15, 0.2) is 10.8 Å². The molecular formula is C14H24N2O2. The summed E-state index contributed by atoms with van der Waals surface area (Å²) in [5.41, 5.74) is 1.40. The number of hydrogen-bond donors (Lipinski definition) is 1. The van der Waals surface area contributed by atoms with Gasteiger partial charge in [-0.3, -0.25) is 0 Å². The molecule has 1 aromatic rings. The van der Waals surface area contributed by atoms with Crippen LogP contribution in [0.4, 0.5) is 0 Å². The van der Waals surface area contributed by atoms with E-state index < -0.39 is 0 Å². The maximum absolute atomic E-state index is 5.66. The van der Waals surface area contributed by atoms with Gasteiger partial charge in [0.25, 0.3) is 0 Å². The van der Waals surface area contributed by atoms with Crippen LogP contribution in [0.25, 0.3) is 0 Å². The van der Waals surface area contributed by atoms with Gasteiger partial charge in [0.15, 0.2) is 6.39 Å². The highest BCUT2D eigenvalue weighted by atomic mass is 16.5. The topological polar surface area (TPSA) is 47.3 Å². The maximum atomic E-state index is 5.66. The predicted octanol–water partition coefficient (Wildman–Crippen LogP) is 2.70. The van der Waals surface area contributed by atoms with Gasteiger partial charge in [0.05, 0.1) is 12.3 Å². The number of methoxy groups -OCH3 is 1. The Morgan fingerprint density at radius 1 is 1.56 bits per heavy atom. The summed E-state index contributed by atoms with van der Waals surface area (Å²) >= 11 is 0. The van der Waals surface area contributed by atoms with Crippen LogP contribution in [0.3, 0.4) is 0 Å². The quantitative estimate of drug-likeness (QED) is 0.791. The van der Waals surface area contributed by atoms with E-state index in [1.807, 2.05) is 0 Å². The Balaban J connectivity index is 1.99. The second-order valence-corrected chi connectivity index (χ2v) is 5.77. The van der Waals surface area contributed by atoms with Gasteiger partial charge in [0.2, 0.25) is 0 Å². The molecule has 0 spiro atoms. The summed E-state index contributed by atoms with van der Waals surface area (Å²) in [7, 11) is 1.71. The molecule has 18 heavy (non-hydrogen) atoms. The number of rotatable bonds is 6. The summed E-state index contributed by atoms with van der Waals surface area (Å²) < 4.78 is 10.7. The molecule has 1 N–H and O–H groups in total. The van der Waals surface area contributed by atoms with Crippen molar-refractivity contribution in [1.29, 1.82) is 0 Å². The molecule has 0 aliphatic heterocycles. The number of aromatic nitrogens is 1. The summed E-state index contributed by atoms with van der Waals surface area (Å²) in [4.78, 5) is 4.35. The second-order valence-electron chi connectivity index (χ2n) is 5.77. The Bertz CT molecular complexity index is 374. The van der Waals surface area contributed by atoms with Crippen LogP contribution < -0.4 is 5.32 Å². The molecule has 1 saturated carbocycles. The van der Waals surface area contributed by atoms with Crippen molar-refractivity contribution in [2.75, 3.05) is 20.3 Å². The number of ether oxygens (including phenoxy) is 1. The van der Waals surface area contributed by atoms with Crippen molar-refractivity contribution in [3.8, 4) is 0 Å². The van der Waals surface area contributed by atoms with E-state index in [9.17, 15) is 0 Å². The summed E-state index contributed by atoms with van der Waals surface area (Å²) in [5.74, 6) is 1.60. The summed E-state index contributed by atoms with van der Waals surface area (Å²) in [6.07, 6.45) is 5.36. The van der Waals surface area contributed by atoms with E-state index in [2.05, 4.69) is 24.1 Å². The van der Waals surface area contributed by atoms with Crippen LogP contribution in [-0.4, -0.2) is 25.2 Å². The van der Waals surface area contributed by atoms with E-state index in [0.717, 1.165) is 31.2 Å². The highest BCUT2D eigenvalue weighted by molar-refractivity contribution is 5.17. The maximum Gasteiger partial charge on any atom is 0.181 e. The Morgan fingerprint density at radius 3 is 3.06 bits per heavy atom. The van der Waals surface area contributed by atoms with Gasteiger partial charge in [-0.25, -0.2) is 4.98 Å². The smallest absolute Gasteiger partial charge is 0.181 e. The fourth-order valence-corrected chi connectivity index (χ4v) is 2.89. The Hall–Kier alpha value is -0.870. The lowest BCUT2D eigenvalue weighted by Crippen LogP contribution is -2.21. The molecule has 0 radical (unpaired) electrons. The van der Waals surface area contributed by atoms with Crippen molar-refractivity contribution in [2.45, 2.75) is 45.6 Å². The van der Waals surface area contributed by atoms with E-state index in [-0.39, 0.29) is 0 Å². The molecule has 1 unspecified atom stereocenters.